The monoisotopic (exact) mass is 347 g/mol. The first-order valence-electron chi connectivity index (χ1n) is 8.81. The smallest absolute Gasteiger partial charge is 0.227 e. The topological polar surface area (TPSA) is 53.9 Å². The summed E-state index contributed by atoms with van der Waals surface area (Å²) < 4.78 is 0. The molecule has 0 aliphatic carbocycles. The molecule has 0 atom stereocenters. The zero-order chi connectivity index (χ0) is 18.5. The lowest BCUT2D eigenvalue weighted by Crippen LogP contribution is -2.23. The Morgan fingerprint density at radius 3 is 2.46 bits per heavy atom. The third-order valence-corrected chi connectivity index (χ3v) is 4.31. The van der Waals surface area contributed by atoms with Crippen molar-refractivity contribution in [3.8, 4) is 0 Å². The molecule has 0 amide bonds. The standard InChI is InChI=1S/C21H25N5/c1-15-5-6-19(16(2)13-15)24-20-14-17(3)23-21(25-20)26(4)12-9-18-7-10-22-11-8-18/h5-8,10-11,13-14H,9,12H2,1-4H3,(H,23,24,25). The molecule has 0 aliphatic rings. The average molecular weight is 347 g/mol. The van der Waals surface area contributed by atoms with Crippen molar-refractivity contribution in [1.82, 2.24) is 15.0 Å². The third-order valence-electron chi connectivity index (χ3n) is 4.31. The number of aromatic nitrogens is 3. The van der Waals surface area contributed by atoms with E-state index in [1.807, 2.05) is 44.6 Å². The molecule has 0 spiro atoms. The summed E-state index contributed by atoms with van der Waals surface area (Å²) >= 11 is 0. The lowest BCUT2D eigenvalue weighted by atomic mass is 10.1. The van der Waals surface area contributed by atoms with Crippen LogP contribution in [0.25, 0.3) is 0 Å². The molecular formula is C21H25N5. The number of likely N-dealkylation sites (N-methyl/N-ethyl adjacent to an activating group) is 1. The Balaban J connectivity index is 1.74. The number of hydrogen-bond donors (Lipinski definition) is 1. The maximum atomic E-state index is 4.70. The number of pyridine rings is 1. The summed E-state index contributed by atoms with van der Waals surface area (Å²) in [4.78, 5) is 15.4. The molecule has 0 saturated heterocycles. The van der Waals surface area contributed by atoms with E-state index in [0.717, 1.165) is 36.1 Å². The number of aryl methyl sites for hydroxylation is 3. The normalized spacial score (nSPS) is 10.6. The molecule has 26 heavy (non-hydrogen) atoms. The number of rotatable bonds is 6. The number of nitrogens with one attached hydrogen (secondary N) is 1. The maximum absolute atomic E-state index is 4.70. The van der Waals surface area contributed by atoms with Crippen LogP contribution in [0.3, 0.4) is 0 Å². The minimum Gasteiger partial charge on any atom is -0.343 e. The van der Waals surface area contributed by atoms with E-state index in [-0.39, 0.29) is 0 Å². The van der Waals surface area contributed by atoms with Gasteiger partial charge in [0.25, 0.3) is 0 Å². The van der Waals surface area contributed by atoms with Gasteiger partial charge in [0.1, 0.15) is 5.82 Å². The fourth-order valence-corrected chi connectivity index (χ4v) is 2.83. The van der Waals surface area contributed by atoms with E-state index < -0.39 is 0 Å². The predicted octanol–water partition coefficient (Wildman–Crippen LogP) is 4.22. The molecule has 5 heteroatoms. The molecule has 0 bridgehead atoms. The van der Waals surface area contributed by atoms with Gasteiger partial charge in [0.05, 0.1) is 0 Å². The lowest BCUT2D eigenvalue weighted by molar-refractivity contribution is 0.833. The van der Waals surface area contributed by atoms with Crippen LogP contribution in [0, 0.1) is 20.8 Å². The first kappa shape index (κ1) is 17.9. The van der Waals surface area contributed by atoms with Crippen molar-refractivity contribution in [2.24, 2.45) is 0 Å². The van der Waals surface area contributed by atoms with E-state index in [2.05, 4.69) is 52.2 Å². The van der Waals surface area contributed by atoms with Crippen LogP contribution in [0.2, 0.25) is 0 Å². The quantitative estimate of drug-likeness (QED) is 0.723. The Kier molecular flexibility index (Phi) is 5.46. The second-order valence-corrected chi connectivity index (χ2v) is 6.66. The molecule has 3 aromatic rings. The van der Waals surface area contributed by atoms with E-state index in [1.54, 1.807) is 0 Å². The minimum absolute atomic E-state index is 0.728. The molecule has 0 fully saturated rings. The summed E-state index contributed by atoms with van der Waals surface area (Å²) in [5.74, 6) is 1.54. The van der Waals surface area contributed by atoms with Crippen LogP contribution in [-0.2, 0) is 6.42 Å². The van der Waals surface area contributed by atoms with Crippen LogP contribution < -0.4 is 10.2 Å². The third kappa shape index (κ3) is 4.57. The van der Waals surface area contributed by atoms with Gasteiger partial charge in [-0.05, 0) is 56.5 Å². The molecule has 1 aromatic carbocycles. The van der Waals surface area contributed by atoms with Crippen LogP contribution in [0.15, 0.2) is 48.8 Å². The van der Waals surface area contributed by atoms with E-state index >= 15 is 0 Å². The van der Waals surface area contributed by atoms with Crippen molar-refractivity contribution in [2.45, 2.75) is 27.2 Å². The van der Waals surface area contributed by atoms with Crippen molar-refractivity contribution in [2.75, 3.05) is 23.8 Å². The van der Waals surface area contributed by atoms with Crippen molar-refractivity contribution in [3.63, 3.8) is 0 Å². The molecule has 134 valence electrons. The molecule has 0 radical (unpaired) electrons. The number of nitrogens with zero attached hydrogens (tertiary/aromatic N) is 4. The fourth-order valence-electron chi connectivity index (χ4n) is 2.83. The van der Waals surface area contributed by atoms with Crippen LogP contribution >= 0.6 is 0 Å². The molecule has 2 aromatic heterocycles. The summed E-state index contributed by atoms with van der Waals surface area (Å²) in [6.07, 6.45) is 4.57. The van der Waals surface area contributed by atoms with Gasteiger partial charge in [0, 0.05) is 43.4 Å². The molecule has 2 heterocycles. The second-order valence-electron chi connectivity index (χ2n) is 6.66. The molecular weight excluding hydrogens is 322 g/mol. The van der Waals surface area contributed by atoms with Gasteiger partial charge >= 0.3 is 0 Å². The molecule has 5 nitrogen and oxygen atoms in total. The lowest BCUT2D eigenvalue weighted by Gasteiger charge is -2.19. The number of benzene rings is 1. The minimum atomic E-state index is 0.728. The van der Waals surface area contributed by atoms with Gasteiger partial charge in [-0.1, -0.05) is 17.7 Å². The zero-order valence-electron chi connectivity index (χ0n) is 15.8. The predicted molar refractivity (Wildman–Crippen MR) is 107 cm³/mol. The summed E-state index contributed by atoms with van der Waals surface area (Å²) in [5.41, 5.74) is 5.72. The zero-order valence-corrected chi connectivity index (χ0v) is 15.8. The second kappa shape index (κ2) is 7.95. The van der Waals surface area contributed by atoms with Crippen LogP contribution in [-0.4, -0.2) is 28.5 Å². The largest absolute Gasteiger partial charge is 0.343 e. The van der Waals surface area contributed by atoms with E-state index in [0.29, 0.717) is 0 Å². The highest BCUT2D eigenvalue weighted by Crippen LogP contribution is 2.22. The summed E-state index contributed by atoms with van der Waals surface area (Å²) in [6.45, 7) is 7.04. The Labute approximate surface area is 155 Å². The van der Waals surface area contributed by atoms with Crippen molar-refractivity contribution < 1.29 is 0 Å². The molecule has 0 unspecified atom stereocenters. The van der Waals surface area contributed by atoms with Gasteiger partial charge in [-0.2, -0.15) is 4.98 Å². The highest BCUT2D eigenvalue weighted by atomic mass is 15.2. The Morgan fingerprint density at radius 2 is 1.73 bits per heavy atom. The molecule has 1 N–H and O–H groups in total. The SMILES string of the molecule is Cc1ccc(Nc2cc(C)nc(N(C)CCc3ccncc3)n2)c(C)c1. The van der Waals surface area contributed by atoms with E-state index in [1.165, 1.54) is 16.7 Å². The summed E-state index contributed by atoms with van der Waals surface area (Å²) in [6, 6.07) is 12.4. The first-order valence-corrected chi connectivity index (χ1v) is 8.81. The van der Waals surface area contributed by atoms with Crippen molar-refractivity contribution in [3.05, 3.63) is 71.2 Å². The van der Waals surface area contributed by atoms with E-state index in [9.17, 15) is 0 Å². The van der Waals surface area contributed by atoms with Crippen LogP contribution in [0.1, 0.15) is 22.4 Å². The van der Waals surface area contributed by atoms with Gasteiger partial charge in [-0.3, -0.25) is 4.98 Å². The van der Waals surface area contributed by atoms with Crippen LogP contribution in [0.4, 0.5) is 17.5 Å². The Bertz CT molecular complexity index is 877. The maximum Gasteiger partial charge on any atom is 0.227 e. The molecule has 0 aliphatic heterocycles. The van der Waals surface area contributed by atoms with Gasteiger partial charge in [0.2, 0.25) is 5.95 Å². The number of anilines is 3. The molecule has 3 rings (SSSR count). The van der Waals surface area contributed by atoms with Crippen LogP contribution in [0.5, 0.6) is 0 Å². The van der Waals surface area contributed by atoms with Gasteiger partial charge in [-0.15, -0.1) is 0 Å². The molecule has 0 saturated carbocycles. The highest BCUT2D eigenvalue weighted by molar-refractivity contribution is 5.62. The Morgan fingerprint density at radius 1 is 0.962 bits per heavy atom. The first-order chi connectivity index (χ1) is 12.5. The Hall–Kier alpha value is -2.95. The fraction of sp³-hybridized carbons (Fsp3) is 0.286. The average Bonchev–Trinajstić information content (AvgIpc) is 2.62. The summed E-state index contributed by atoms with van der Waals surface area (Å²) in [7, 11) is 2.02. The van der Waals surface area contributed by atoms with Gasteiger partial charge in [-0.25, -0.2) is 4.98 Å². The highest BCUT2D eigenvalue weighted by Gasteiger charge is 2.09. The van der Waals surface area contributed by atoms with Crippen molar-refractivity contribution in [1.29, 1.82) is 0 Å². The van der Waals surface area contributed by atoms with Crippen molar-refractivity contribution >= 4 is 17.5 Å². The van der Waals surface area contributed by atoms with E-state index in [4.69, 9.17) is 4.98 Å². The summed E-state index contributed by atoms with van der Waals surface area (Å²) in [5, 5.41) is 3.42. The number of hydrogen-bond acceptors (Lipinski definition) is 5. The van der Waals surface area contributed by atoms with Gasteiger partial charge < -0.3 is 10.2 Å². The van der Waals surface area contributed by atoms with Gasteiger partial charge in [0.15, 0.2) is 0 Å².